The Morgan fingerprint density at radius 1 is 1.44 bits per heavy atom. The zero-order valence-corrected chi connectivity index (χ0v) is 11.9. The zero-order chi connectivity index (χ0) is 13.5. The number of ether oxygens (including phenoxy) is 1. The molecule has 0 aliphatic carbocycles. The number of carbonyl (C=O) groups is 1. The summed E-state index contributed by atoms with van der Waals surface area (Å²) in [6, 6.07) is 7.76. The minimum Gasteiger partial charge on any atom is -0.493 e. The molecule has 0 saturated heterocycles. The number of carbonyl (C=O) groups excluding carboxylic acids is 1. The first-order valence-corrected chi connectivity index (χ1v) is 6.59. The third kappa shape index (κ3) is 4.22. The summed E-state index contributed by atoms with van der Waals surface area (Å²) in [6.07, 6.45) is 0.960. The fourth-order valence-corrected chi connectivity index (χ4v) is 1.79. The molecule has 1 amide bonds. The van der Waals surface area contributed by atoms with E-state index >= 15 is 0 Å². The monoisotopic (exact) mass is 269 g/mol. The Labute approximate surface area is 114 Å². The highest BCUT2D eigenvalue weighted by Gasteiger charge is 2.16. The van der Waals surface area contributed by atoms with Gasteiger partial charge in [-0.25, -0.2) is 0 Å². The average Bonchev–Trinajstić information content (AvgIpc) is 2.36. The predicted octanol–water partition coefficient (Wildman–Crippen LogP) is 3.06. The molecule has 1 aromatic rings. The van der Waals surface area contributed by atoms with Crippen LogP contribution in [0, 0.1) is 0 Å². The highest BCUT2D eigenvalue weighted by atomic mass is 35.5. The number of para-hydroxylation sites is 1. The molecule has 0 saturated carbocycles. The number of rotatable bonds is 6. The standard InChI is InChI=1S/C14H20ClNO2/c1-4-9-18-13-8-6-5-7-12(13)10-16(3)14(17)11(2)15/h5-8,11H,4,9-10H2,1-3H3. The summed E-state index contributed by atoms with van der Waals surface area (Å²) in [5.41, 5.74) is 0.999. The Morgan fingerprint density at radius 2 is 2.11 bits per heavy atom. The molecule has 1 atom stereocenters. The van der Waals surface area contributed by atoms with Crippen molar-refractivity contribution < 1.29 is 9.53 Å². The molecule has 3 nitrogen and oxygen atoms in total. The van der Waals surface area contributed by atoms with Crippen molar-refractivity contribution in [3.05, 3.63) is 29.8 Å². The summed E-state index contributed by atoms with van der Waals surface area (Å²) in [7, 11) is 1.75. The normalized spacial score (nSPS) is 12.0. The maximum Gasteiger partial charge on any atom is 0.240 e. The number of hydrogen-bond donors (Lipinski definition) is 0. The van der Waals surface area contributed by atoms with Crippen LogP contribution in [0.2, 0.25) is 0 Å². The summed E-state index contributed by atoms with van der Waals surface area (Å²) >= 11 is 5.79. The Hall–Kier alpha value is -1.22. The number of amides is 1. The van der Waals surface area contributed by atoms with Gasteiger partial charge in [0.15, 0.2) is 0 Å². The molecule has 0 aromatic heterocycles. The van der Waals surface area contributed by atoms with Crippen molar-refractivity contribution in [2.24, 2.45) is 0 Å². The number of benzene rings is 1. The lowest BCUT2D eigenvalue weighted by Crippen LogP contribution is -2.31. The van der Waals surface area contributed by atoms with Crippen molar-refractivity contribution in [1.29, 1.82) is 0 Å². The summed E-state index contributed by atoms with van der Waals surface area (Å²) in [5, 5.41) is -0.501. The molecule has 0 aliphatic heterocycles. The second kappa shape index (κ2) is 7.27. The van der Waals surface area contributed by atoms with Crippen LogP contribution in [-0.4, -0.2) is 29.8 Å². The SMILES string of the molecule is CCCOc1ccccc1CN(C)C(=O)C(C)Cl. The lowest BCUT2D eigenvalue weighted by molar-refractivity contribution is -0.129. The van der Waals surface area contributed by atoms with Crippen molar-refractivity contribution in [3.63, 3.8) is 0 Å². The van der Waals surface area contributed by atoms with E-state index in [9.17, 15) is 4.79 Å². The third-order valence-corrected chi connectivity index (χ3v) is 2.75. The third-order valence-electron chi connectivity index (χ3n) is 2.56. The lowest BCUT2D eigenvalue weighted by Gasteiger charge is -2.20. The van der Waals surface area contributed by atoms with E-state index in [0.717, 1.165) is 17.7 Å². The second-order valence-electron chi connectivity index (χ2n) is 4.27. The molecule has 0 aliphatic rings. The Kier molecular flexibility index (Phi) is 5.99. The van der Waals surface area contributed by atoms with Gasteiger partial charge in [-0.3, -0.25) is 4.79 Å². The highest BCUT2D eigenvalue weighted by Crippen LogP contribution is 2.20. The van der Waals surface area contributed by atoms with Gasteiger partial charge >= 0.3 is 0 Å². The van der Waals surface area contributed by atoms with E-state index in [1.54, 1.807) is 18.9 Å². The molecule has 0 radical (unpaired) electrons. The molecule has 0 spiro atoms. The van der Waals surface area contributed by atoms with Crippen LogP contribution in [0.3, 0.4) is 0 Å². The fourth-order valence-electron chi connectivity index (χ4n) is 1.62. The van der Waals surface area contributed by atoms with Crippen LogP contribution in [0.1, 0.15) is 25.8 Å². The van der Waals surface area contributed by atoms with Crippen LogP contribution in [0.25, 0.3) is 0 Å². The van der Waals surface area contributed by atoms with Gasteiger partial charge in [-0.1, -0.05) is 25.1 Å². The maximum atomic E-state index is 11.7. The molecular weight excluding hydrogens is 250 g/mol. The first-order valence-electron chi connectivity index (χ1n) is 6.16. The Balaban J connectivity index is 2.74. The van der Waals surface area contributed by atoms with Crippen LogP contribution >= 0.6 is 11.6 Å². The molecule has 1 unspecified atom stereocenters. The van der Waals surface area contributed by atoms with E-state index < -0.39 is 5.38 Å². The van der Waals surface area contributed by atoms with Crippen LogP contribution in [0.15, 0.2) is 24.3 Å². The molecule has 0 heterocycles. The van der Waals surface area contributed by atoms with Gasteiger partial charge in [0.2, 0.25) is 5.91 Å². The van der Waals surface area contributed by atoms with E-state index in [-0.39, 0.29) is 5.91 Å². The van der Waals surface area contributed by atoms with Gasteiger partial charge in [0, 0.05) is 19.2 Å². The van der Waals surface area contributed by atoms with Gasteiger partial charge in [0.05, 0.1) is 6.61 Å². The Bertz CT molecular complexity index is 393. The van der Waals surface area contributed by atoms with Crippen molar-refractivity contribution in [1.82, 2.24) is 4.90 Å². The van der Waals surface area contributed by atoms with Crippen LogP contribution < -0.4 is 4.74 Å². The molecule has 100 valence electrons. The van der Waals surface area contributed by atoms with Gasteiger partial charge in [-0.15, -0.1) is 11.6 Å². The van der Waals surface area contributed by atoms with Crippen molar-refractivity contribution in [3.8, 4) is 5.75 Å². The first-order chi connectivity index (χ1) is 8.56. The van der Waals surface area contributed by atoms with Gasteiger partial charge in [0.1, 0.15) is 11.1 Å². The molecule has 4 heteroatoms. The molecule has 0 N–H and O–H groups in total. The van der Waals surface area contributed by atoms with E-state index in [0.29, 0.717) is 13.2 Å². The maximum absolute atomic E-state index is 11.7. The molecule has 0 bridgehead atoms. The van der Waals surface area contributed by atoms with Gasteiger partial charge in [-0.2, -0.15) is 0 Å². The van der Waals surface area contributed by atoms with E-state index in [4.69, 9.17) is 16.3 Å². The smallest absolute Gasteiger partial charge is 0.240 e. The van der Waals surface area contributed by atoms with E-state index in [2.05, 4.69) is 6.92 Å². The number of halogens is 1. The predicted molar refractivity (Wildman–Crippen MR) is 74.0 cm³/mol. The van der Waals surface area contributed by atoms with Crippen LogP contribution in [0.5, 0.6) is 5.75 Å². The quantitative estimate of drug-likeness (QED) is 0.743. The van der Waals surface area contributed by atoms with E-state index in [1.165, 1.54) is 0 Å². The second-order valence-corrected chi connectivity index (χ2v) is 4.92. The summed E-state index contributed by atoms with van der Waals surface area (Å²) < 4.78 is 5.66. The van der Waals surface area contributed by atoms with Crippen LogP contribution in [-0.2, 0) is 11.3 Å². The highest BCUT2D eigenvalue weighted by molar-refractivity contribution is 6.30. The number of alkyl halides is 1. The molecular formula is C14H20ClNO2. The summed E-state index contributed by atoms with van der Waals surface area (Å²) in [5.74, 6) is 0.753. The Morgan fingerprint density at radius 3 is 2.72 bits per heavy atom. The lowest BCUT2D eigenvalue weighted by atomic mass is 10.2. The fraction of sp³-hybridized carbons (Fsp3) is 0.500. The van der Waals surface area contributed by atoms with Gasteiger partial charge in [0.25, 0.3) is 0 Å². The van der Waals surface area contributed by atoms with Crippen molar-refractivity contribution >= 4 is 17.5 Å². The minimum absolute atomic E-state index is 0.0815. The summed E-state index contributed by atoms with van der Waals surface area (Å²) in [6.45, 7) is 4.93. The van der Waals surface area contributed by atoms with Gasteiger partial charge in [-0.05, 0) is 19.4 Å². The van der Waals surface area contributed by atoms with Crippen molar-refractivity contribution in [2.45, 2.75) is 32.2 Å². The minimum atomic E-state index is -0.501. The van der Waals surface area contributed by atoms with E-state index in [1.807, 2.05) is 24.3 Å². The average molecular weight is 270 g/mol. The zero-order valence-electron chi connectivity index (χ0n) is 11.1. The number of nitrogens with zero attached hydrogens (tertiary/aromatic N) is 1. The molecule has 1 rings (SSSR count). The van der Waals surface area contributed by atoms with Crippen LogP contribution in [0.4, 0.5) is 0 Å². The van der Waals surface area contributed by atoms with Crippen molar-refractivity contribution in [2.75, 3.05) is 13.7 Å². The molecule has 18 heavy (non-hydrogen) atoms. The molecule has 1 aromatic carbocycles. The topological polar surface area (TPSA) is 29.5 Å². The number of hydrogen-bond acceptors (Lipinski definition) is 2. The first kappa shape index (κ1) is 14.8. The largest absolute Gasteiger partial charge is 0.493 e. The molecule has 0 fully saturated rings. The van der Waals surface area contributed by atoms with Gasteiger partial charge < -0.3 is 9.64 Å². The summed E-state index contributed by atoms with van der Waals surface area (Å²) in [4.78, 5) is 13.3.